The number of hydrogen-bond donors (Lipinski definition) is 1. The Balaban J connectivity index is 1.70. The van der Waals surface area contributed by atoms with E-state index < -0.39 is 0 Å². The molecule has 136 valence electrons. The van der Waals surface area contributed by atoms with E-state index in [4.69, 9.17) is 9.40 Å². The Morgan fingerprint density at radius 2 is 2.04 bits per heavy atom. The summed E-state index contributed by atoms with van der Waals surface area (Å²) in [6.07, 6.45) is 1.49. The van der Waals surface area contributed by atoms with Gasteiger partial charge in [0.15, 0.2) is 5.76 Å². The van der Waals surface area contributed by atoms with Gasteiger partial charge in [0.1, 0.15) is 5.82 Å². The molecule has 4 aromatic rings. The van der Waals surface area contributed by atoms with Crippen molar-refractivity contribution in [2.45, 2.75) is 19.5 Å². The lowest BCUT2D eigenvalue weighted by atomic mass is 10.2. The van der Waals surface area contributed by atoms with Gasteiger partial charge in [-0.25, -0.2) is 4.98 Å². The predicted octanol–water partition coefficient (Wildman–Crippen LogP) is 4.93. The van der Waals surface area contributed by atoms with Crippen LogP contribution < -0.4 is 5.32 Å². The van der Waals surface area contributed by atoms with E-state index in [9.17, 15) is 4.79 Å². The molecule has 1 atom stereocenters. The fourth-order valence-corrected chi connectivity index (χ4v) is 3.60. The first kappa shape index (κ1) is 17.5. The summed E-state index contributed by atoms with van der Waals surface area (Å²) in [5.41, 5.74) is 3.09. The SMILES string of the molecule is CC(NC(=O)c1ccco1)c1nc2ccccc2n1Cc1cccc(Br)c1. The van der Waals surface area contributed by atoms with Crippen LogP contribution in [0.25, 0.3) is 11.0 Å². The summed E-state index contributed by atoms with van der Waals surface area (Å²) in [4.78, 5) is 17.1. The second-order valence-electron chi connectivity index (χ2n) is 6.35. The lowest BCUT2D eigenvalue weighted by Crippen LogP contribution is -2.28. The third-order valence-electron chi connectivity index (χ3n) is 4.39. The van der Waals surface area contributed by atoms with Gasteiger partial charge in [-0.15, -0.1) is 0 Å². The number of hydrogen-bond acceptors (Lipinski definition) is 3. The molecule has 0 aliphatic carbocycles. The Morgan fingerprint density at radius 3 is 2.81 bits per heavy atom. The molecule has 0 radical (unpaired) electrons. The van der Waals surface area contributed by atoms with Gasteiger partial charge < -0.3 is 14.3 Å². The summed E-state index contributed by atoms with van der Waals surface area (Å²) in [6, 6.07) is 19.2. The molecule has 27 heavy (non-hydrogen) atoms. The second kappa shape index (κ2) is 7.40. The molecule has 1 unspecified atom stereocenters. The number of nitrogens with zero attached hydrogens (tertiary/aromatic N) is 2. The van der Waals surface area contributed by atoms with E-state index in [1.165, 1.54) is 6.26 Å². The molecule has 0 fully saturated rings. The Kier molecular flexibility index (Phi) is 4.81. The summed E-state index contributed by atoms with van der Waals surface area (Å²) >= 11 is 3.53. The molecule has 0 bridgehead atoms. The van der Waals surface area contributed by atoms with Crippen LogP contribution in [0.1, 0.15) is 34.9 Å². The number of aromatic nitrogens is 2. The maximum atomic E-state index is 12.4. The van der Waals surface area contributed by atoms with Crippen LogP contribution in [0.4, 0.5) is 0 Å². The number of carbonyl (C=O) groups is 1. The molecular formula is C21H18BrN3O2. The van der Waals surface area contributed by atoms with Crippen molar-refractivity contribution in [1.82, 2.24) is 14.9 Å². The Labute approximate surface area is 165 Å². The lowest BCUT2D eigenvalue weighted by Gasteiger charge is -2.16. The first-order valence-corrected chi connectivity index (χ1v) is 9.45. The highest BCUT2D eigenvalue weighted by molar-refractivity contribution is 9.10. The number of amides is 1. The van der Waals surface area contributed by atoms with Crippen molar-refractivity contribution in [1.29, 1.82) is 0 Å². The van der Waals surface area contributed by atoms with Crippen LogP contribution >= 0.6 is 15.9 Å². The fraction of sp³-hybridized carbons (Fsp3) is 0.143. The van der Waals surface area contributed by atoms with E-state index >= 15 is 0 Å². The van der Waals surface area contributed by atoms with Crippen molar-refractivity contribution in [3.63, 3.8) is 0 Å². The summed E-state index contributed by atoms with van der Waals surface area (Å²) in [7, 11) is 0. The van der Waals surface area contributed by atoms with Crippen LogP contribution in [0.3, 0.4) is 0 Å². The number of nitrogens with one attached hydrogen (secondary N) is 1. The van der Waals surface area contributed by atoms with E-state index in [-0.39, 0.29) is 17.7 Å². The van der Waals surface area contributed by atoms with Crippen LogP contribution in [0.2, 0.25) is 0 Å². The smallest absolute Gasteiger partial charge is 0.287 e. The van der Waals surface area contributed by atoms with Gasteiger partial charge in [0.05, 0.1) is 23.3 Å². The Hall–Kier alpha value is -2.86. The van der Waals surface area contributed by atoms with Crippen molar-refractivity contribution in [2.75, 3.05) is 0 Å². The van der Waals surface area contributed by atoms with Gasteiger partial charge in [0, 0.05) is 11.0 Å². The molecule has 2 aromatic heterocycles. The maximum Gasteiger partial charge on any atom is 0.287 e. The topological polar surface area (TPSA) is 60.1 Å². The molecule has 0 saturated heterocycles. The van der Waals surface area contributed by atoms with Gasteiger partial charge in [-0.05, 0) is 48.9 Å². The highest BCUT2D eigenvalue weighted by Gasteiger charge is 2.20. The molecule has 0 aliphatic heterocycles. The van der Waals surface area contributed by atoms with E-state index in [1.807, 2.05) is 43.3 Å². The molecule has 0 aliphatic rings. The van der Waals surface area contributed by atoms with Crippen molar-refractivity contribution in [2.24, 2.45) is 0 Å². The van der Waals surface area contributed by atoms with E-state index in [2.05, 4.69) is 37.9 Å². The number of fused-ring (bicyclic) bond motifs is 1. The molecule has 0 spiro atoms. The minimum atomic E-state index is -0.276. The van der Waals surface area contributed by atoms with Crippen LogP contribution in [-0.4, -0.2) is 15.5 Å². The zero-order valence-electron chi connectivity index (χ0n) is 14.7. The van der Waals surface area contributed by atoms with Crippen molar-refractivity contribution < 1.29 is 9.21 Å². The first-order valence-electron chi connectivity index (χ1n) is 8.66. The molecule has 2 aromatic carbocycles. The van der Waals surface area contributed by atoms with Crippen molar-refractivity contribution >= 4 is 32.9 Å². The van der Waals surface area contributed by atoms with Crippen molar-refractivity contribution in [3.8, 4) is 0 Å². The normalized spacial score (nSPS) is 12.2. The van der Waals surface area contributed by atoms with Gasteiger partial charge in [-0.1, -0.05) is 40.2 Å². The molecule has 5 nitrogen and oxygen atoms in total. The average Bonchev–Trinajstić information content (AvgIpc) is 3.30. The summed E-state index contributed by atoms with van der Waals surface area (Å²) in [6.45, 7) is 2.59. The molecule has 2 heterocycles. The summed E-state index contributed by atoms with van der Waals surface area (Å²) in [5.74, 6) is 0.834. The van der Waals surface area contributed by atoms with Crippen LogP contribution in [0.5, 0.6) is 0 Å². The van der Waals surface area contributed by atoms with Gasteiger partial charge >= 0.3 is 0 Å². The largest absolute Gasteiger partial charge is 0.459 e. The highest BCUT2D eigenvalue weighted by Crippen LogP contribution is 2.23. The Bertz CT molecular complexity index is 1090. The third kappa shape index (κ3) is 3.66. The molecule has 1 N–H and O–H groups in total. The molecule has 0 saturated carbocycles. The van der Waals surface area contributed by atoms with Gasteiger partial charge in [0.2, 0.25) is 0 Å². The number of benzene rings is 2. The second-order valence-corrected chi connectivity index (χ2v) is 7.26. The Morgan fingerprint density at radius 1 is 1.19 bits per heavy atom. The number of carbonyl (C=O) groups excluding carboxylic acids is 1. The minimum absolute atomic E-state index is 0.256. The lowest BCUT2D eigenvalue weighted by molar-refractivity contribution is 0.0909. The van der Waals surface area contributed by atoms with Gasteiger partial charge in [-0.3, -0.25) is 4.79 Å². The number of rotatable bonds is 5. The average molecular weight is 424 g/mol. The summed E-state index contributed by atoms with van der Waals surface area (Å²) in [5, 5.41) is 2.97. The standard InChI is InChI=1S/C21H18BrN3O2/c1-14(23-21(26)19-10-5-11-27-19)20-24-17-8-2-3-9-18(17)25(20)13-15-6-4-7-16(22)12-15/h2-12,14H,13H2,1H3,(H,23,26). The van der Waals surface area contributed by atoms with Crippen LogP contribution in [-0.2, 0) is 6.54 Å². The maximum absolute atomic E-state index is 12.4. The quantitative estimate of drug-likeness (QED) is 0.494. The van der Waals surface area contributed by atoms with Crippen LogP contribution in [0, 0.1) is 0 Å². The van der Waals surface area contributed by atoms with Crippen molar-refractivity contribution in [3.05, 3.63) is 88.5 Å². The third-order valence-corrected chi connectivity index (χ3v) is 4.89. The summed E-state index contributed by atoms with van der Waals surface area (Å²) < 4.78 is 8.36. The minimum Gasteiger partial charge on any atom is -0.459 e. The van der Waals surface area contributed by atoms with E-state index in [0.717, 1.165) is 26.9 Å². The zero-order valence-corrected chi connectivity index (χ0v) is 16.3. The van der Waals surface area contributed by atoms with Gasteiger partial charge in [0.25, 0.3) is 5.91 Å². The number of para-hydroxylation sites is 2. The first-order chi connectivity index (χ1) is 13.1. The number of furan rings is 1. The fourth-order valence-electron chi connectivity index (χ4n) is 3.15. The van der Waals surface area contributed by atoms with E-state index in [0.29, 0.717) is 6.54 Å². The molecule has 6 heteroatoms. The molecular weight excluding hydrogens is 406 g/mol. The monoisotopic (exact) mass is 423 g/mol. The van der Waals surface area contributed by atoms with Crippen LogP contribution in [0.15, 0.2) is 75.8 Å². The predicted molar refractivity (Wildman–Crippen MR) is 108 cm³/mol. The number of imidazole rings is 1. The molecule has 4 rings (SSSR count). The molecule has 1 amide bonds. The van der Waals surface area contributed by atoms with E-state index in [1.54, 1.807) is 12.1 Å². The van der Waals surface area contributed by atoms with Gasteiger partial charge in [-0.2, -0.15) is 0 Å². The number of halogens is 1. The zero-order chi connectivity index (χ0) is 18.8. The highest BCUT2D eigenvalue weighted by atomic mass is 79.9.